The summed E-state index contributed by atoms with van der Waals surface area (Å²) in [7, 11) is 1.67. The van der Waals surface area contributed by atoms with Gasteiger partial charge in [-0.3, -0.25) is 0 Å². The van der Waals surface area contributed by atoms with Crippen molar-refractivity contribution in [1.29, 1.82) is 0 Å². The van der Waals surface area contributed by atoms with E-state index in [0.717, 1.165) is 13.0 Å². The first-order valence-electron chi connectivity index (χ1n) is 3.24. The lowest BCUT2D eigenvalue weighted by molar-refractivity contribution is 0.0225. The van der Waals surface area contributed by atoms with Crippen LogP contribution in [0.25, 0.3) is 0 Å². The van der Waals surface area contributed by atoms with Crippen LogP contribution >= 0.6 is 0 Å². The largest absolute Gasteiger partial charge is 0.392 e. The molecule has 0 saturated carbocycles. The molecule has 54 valence electrons. The molecule has 9 heavy (non-hydrogen) atoms. The maximum Gasteiger partial charge on any atom is 0.0720 e. The van der Waals surface area contributed by atoms with Gasteiger partial charge in [-0.25, -0.2) is 0 Å². The molecule has 0 unspecified atom stereocenters. The Labute approximate surface area is 55.0 Å². The molecule has 0 aliphatic carbocycles. The molecule has 0 radical (unpaired) electrons. The van der Waals surface area contributed by atoms with Gasteiger partial charge in [0.05, 0.1) is 12.2 Å². The van der Waals surface area contributed by atoms with Gasteiger partial charge in [0.15, 0.2) is 0 Å². The third-order valence-corrected chi connectivity index (χ3v) is 1.62. The molecule has 1 heterocycles. The predicted octanol–water partition coefficient (Wildman–Crippen LogP) is -0.644. The second-order valence-corrected chi connectivity index (χ2v) is 2.41. The first-order chi connectivity index (χ1) is 4.33. The molecule has 2 atom stereocenters. The van der Waals surface area contributed by atoms with Gasteiger partial charge in [0, 0.05) is 26.6 Å². The fourth-order valence-electron chi connectivity index (χ4n) is 1.06. The Morgan fingerprint density at radius 3 is 2.78 bits per heavy atom. The summed E-state index contributed by atoms with van der Waals surface area (Å²) in [5.41, 5.74) is 0. The average molecular weight is 131 g/mol. The third-order valence-electron chi connectivity index (χ3n) is 1.62. The number of hydrogen-bond donors (Lipinski definition) is 2. The number of methoxy groups -OCH3 is 1. The molecular weight excluding hydrogens is 118 g/mol. The van der Waals surface area contributed by atoms with Gasteiger partial charge in [-0.05, 0) is 0 Å². The molecule has 0 bridgehead atoms. The van der Waals surface area contributed by atoms with Crippen LogP contribution in [0, 0.1) is 0 Å². The van der Waals surface area contributed by atoms with Crippen molar-refractivity contribution in [1.82, 2.24) is 5.32 Å². The lowest BCUT2D eigenvalue weighted by atomic mass is 10.1. The fraction of sp³-hybridized carbons (Fsp3) is 1.00. The molecule has 1 aliphatic heterocycles. The van der Waals surface area contributed by atoms with Crippen LogP contribution in [0.2, 0.25) is 0 Å². The molecular formula is C6H13NO2. The van der Waals surface area contributed by atoms with Gasteiger partial charge < -0.3 is 15.2 Å². The topological polar surface area (TPSA) is 41.5 Å². The summed E-state index contributed by atoms with van der Waals surface area (Å²) in [6.45, 7) is 1.58. The van der Waals surface area contributed by atoms with E-state index in [1.54, 1.807) is 7.11 Å². The highest BCUT2D eigenvalue weighted by molar-refractivity contribution is 4.74. The Balaban J connectivity index is 2.23. The van der Waals surface area contributed by atoms with E-state index in [-0.39, 0.29) is 12.2 Å². The lowest BCUT2D eigenvalue weighted by Gasteiger charge is -2.25. The van der Waals surface area contributed by atoms with Gasteiger partial charge in [0.25, 0.3) is 0 Å². The summed E-state index contributed by atoms with van der Waals surface area (Å²) in [6, 6.07) is 0. The minimum Gasteiger partial charge on any atom is -0.392 e. The van der Waals surface area contributed by atoms with E-state index >= 15 is 0 Å². The summed E-state index contributed by atoms with van der Waals surface area (Å²) >= 11 is 0. The van der Waals surface area contributed by atoms with Crippen molar-refractivity contribution in [2.75, 3.05) is 20.2 Å². The van der Waals surface area contributed by atoms with Gasteiger partial charge in [0.2, 0.25) is 0 Å². The quantitative estimate of drug-likeness (QED) is 0.497. The Kier molecular flexibility index (Phi) is 2.45. The van der Waals surface area contributed by atoms with Crippen LogP contribution in [0.3, 0.4) is 0 Å². The van der Waals surface area contributed by atoms with Gasteiger partial charge >= 0.3 is 0 Å². The van der Waals surface area contributed by atoms with Crippen molar-refractivity contribution >= 4 is 0 Å². The van der Waals surface area contributed by atoms with Crippen LogP contribution < -0.4 is 5.32 Å². The fourth-order valence-corrected chi connectivity index (χ4v) is 1.06. The van der Waals surface area contributed by atoms with Gasteiger partial charge in [-0.15, -0.1) is 0 Å². The first kappa shape index (κ1) is 6.99. The smallest absolute Gasteiger partial charge is 0.0720 e. The summed E-state index contributed by atoms with van der Waals surface area (Å²) in [5, 5.41) is 12.1. The molecule has 2 N–H and O–H groups in total. The zero-order valence-electron chi connectivity index (χ0n) is 5.63. The van der Waals surface area contributed by atoms with E-state index in [1.807, 2.05) is 0 Å². The van der Waals surface area contributed by atoms with E-state index in [0.29, 0.717) is 6.54 Å². The normalized spacial score (nSPS) is 36.7. The zero-order chi connectivity index (χ0) is 6.69. The van der Waals surface area contributed by atoms with Crippen LogP contribution in [-0.2, 0) is 4.74 Å². The first-order valence-corrected chi connectivity index (χ1v) is 3.24. The van der Waals surface area contributed by atoms with Crippen molar-refractivity contribution in [2.45, 2.75) is 18.6 Å². The number of piperidine rings is 1. The maximum absolute atomic E-state index is 9.07. The van der Waals surface area contributed by atoms with Crippen LogP contribution in [0.4, 0.5) is 0 Å². The van der Waals surface area contributed by atoms with Gasteiger partial charge in [0.1, 0.15) is 0 Å². The summed E-state index contributed by atoms with van der Waals surface area (Å²) in [4.78, 5) is 0. The van der Waals surface area contributed by atoms with E-state index in [9.17, 15) is 0 Å². The van der Waals surface area contributed by atoms with E-state index in [1.165, 1.54) is 0 Å². The minimum absolute atomic E-state index is 0.203. The van der Waals surface area contributed by atoms with Crippen LogP contribution in [-0.4, -0.2) is 37.5 Å². The van der Waals surface area contributed by atoms with Crippen LogP contribution in [0.5, 0.6) is 0 Å². The van der Waals surface area contributed by atoms with Crippen molar-refractivity contribution in [2.24, 2.45) is 0 Å². The number of nitrogens with one attached hydrogen (secondary N) is 1. The predicted molar refractivity (Wildman–Crippen MR) is 34.3 cm³/mol. The highest BCUT2D eigenvalue weighted by Crippen LogP contribution is 2.04. The van der Waals surface area contributed by atoms with E-state index in [4.69, 9.17) is 9.84 Å². The number of rotatable bonds is 1. The van der Waals surface area contributed by atoms with Crippen LogP contribution in [0.15, 0.2) is 0 Å². The minimum atomic E-state index is -0.219. The van der Waals surface area contributed by atoms with Gasteiger partial charge in [-0.2, -0.15) is 0 Å². The van der Waals surface area contributed by atoms with Gasteiger partial charge in [-0.1, -0.05) is 0 Å². The second kappa shape index (κ2) is 3.15. The molecule has 0 spiro atoms. The highest BCUT2D eigenvalue weighted by atomic mass is 16.5. The number of β-amino-alcohol motifs (C(OH)–C–C–N with tert-alkyl or cyclic N) is 1. The second-order valence-electron chi connectivity index (χ2n) is 2.41. The van der Waals surface area contributed by atoms with Crippen molar-refractivity contribution in [3.05, 3.63) is 0 Å². The molecule has 0 aromatic carbocycles. The molecule has 1 saturated heterocycles. The Morgan fingerprint density at radius 2 is 2.33 bits per heavy atom. The molecule has 3 nitrogen and oxygen atoms in total. The summed E-state index contributed by atoms with van der Waals surface area (Å²) in [6.07, 6.45) is 0.751. The zero-order valence-corrected chi connectivity index (χ0v) is 5.63. The molecule has 1 fully saturated rings. The monoisotopic (exact) mass is 131 g/mol. The number of ether oxygens (including phenoxy) is 1. The van der Waals surface area contributed by atoms with Crippen molar-refractivity contribution in [3.63, 3.8) is 0 Å². The number of aliphatic hydroxyl groups excluding tert-OH is 1. The van der Waals surface area contributed by atoms with Crippen molar-refractivity contribution < 1.29 is 9.84 Å². The maximum atomic E-state index is 9.07. The number of hydrogen-bond acceptors (Lipinski definition) is 3. The lowest BCUT2D eigenvalue weighted by Crippen LogP contribution is -2.42. The molecule has 1 aliphatic rings. The molecule has 3 heteroatoms. The Hall–Kier alpha value is -0.120. The van der Waals surface area contributed by atoms with Crippen LogP contribution in [0.1, 0.15) is 6.42 Å². The molecule has 0 aromatic rings. The molecule has 0 aromatic heterocycles. The SMILES string of the molecule is CO[C@@H]1CNC[C@@H](O)C1. The number of aliphatic hydroxyl groups is 1. The van der Waals surface area contributed by atoms with E-state index < -0.39 is 0 Å². The van der Waals surface area contributed by atoms with E-state index in [2.05, 4.69) is 5.32 Å². The Morgan fingerprint density at radius 1 is 1.56 bits per heavy atom. The molecule has 1 rings (SSSR count). The summed E-state index contributed by atoms with van der Waals surface area (Å²) in [5.74, 6) is 0. The average Bonchev–Trinajstić information content (AvgIpc) is 1.88. The van der Waals surface area contributed by atoms with Crippen molar-refractivity contribution in [3.8, 4) is 0 Å². The molecule has 0 amide bonds. The Bertz CT molecular complexity index is 87.1. The standard InChI is InChI=1S/C6H13NO2/c1-9-6-2-5(8)3-7-4-6/h5-8H,2-4H2,1H3/t5-,6-/m0/s1. The highest BCUT2D eigenvalue weighted by Gasteiger charge is 2.18. The third kappa shape index (κ3) is 1.93. The summed E-state index contributed by atoms with van der Waals surface area (Å²) < 4.78 is 5.04.